The van der Waals surface area contributed by atoms with E-state index >= 15 is 0 Å². The van der Waals surface area contributed by atoms with Crippen molar-refractivity contribution in [2.24, 2.45) is 5.41 Å². The monoisotopic (exact) mass is 397 g/mol. The highest BCUT2D eigenvalue weighted by atomic mass is 35.5. The van der Waals surface area contributed by atoms with Crippen molar-refractivity contribution in [1.29, 1.82) is 0 Å². The lowest BCUT2D eigenvalue weighted by Gasteiger charge is -2.12. The highest BCUT2D eigenvalue weighted by Crippen LogP contribution is 2.64. The Bertz CT molecular complexity index is 906. The molecule has 0 amide bonds. The predicted octanol–water partition coefficient (Wildman–Crippen LogP) is 4.54. The number of halogens is 3. The molecule has 0 saturated heterocycles. The molecule has 1 aliphatic rings. The van der Waals surface area contributed by atoms with Gasteiger partial charge in [0.05, 0.1) is 0 Å². The molecular formula is C19H18Cl2FNO3. The molecule has 1 saturated carbocycles. The summed E-state index contributed by atoms with van der Waals surface area (Å²) in [6.45, 7) is 4.79. The minimum absolute atomic E-state index is 0.296. The van der Waals surface area contributed by atoms with Crippen LogP contribution in [0.5, 0.6) is 0 Å². The summed E-state index contributed by atoms with van der Waals surface area (Å²) < 4.78 is 19.3. The first kappa shape index (κ1) is 18.9. The SMILES string of the molecule is Cc1cc(C(=O)COC(=O)[C@]2(C)CC2(Cl)Cl)c(C)n1-c1cccc(F)c1. The van der Waals surface area contributed by atoms with E-state index in [1.54, 1.807) is 36.6 Å². The lowest BCUT2D eigenvalue weighted by molar-refractivity contribution is -0.148. The molecule has 3 rings (SSSR count). The Kier molecular flexibility index (Phi) is 4.65. The maximum atomic E-state index is 13.5. The molecule has 7 heteroatoms. The van der Waals surface area contributed by atoms with Gasteiger partial charge >= 0.3 is 5.97 Å². The summed E-state index contributed by atoms with van der Waals surface area (Å²) in [5.41, 5.74) is 1.49. The molecule has 0 unspecified atom stereocenters. The molecule has 1 heterocycles. The number of hydrogen-bond donors (Lipinski definition) is 0. The first-order valence-electron chi connectivity index (χ1n) is 8.10. The number of rotatable bonds is 5. The number of nitrogens with zero attached hydrogens (tertiary/aromatic N) is 1. The quantitative estimate of drug-likeness (QED) is 0.422. The third-order valence-electron chi connectivity index (χ3n) is 4.84. The molecular weight excluding hydrogens is 380 g/mol. The number of hydrogen-bond acceptors (Lipinski definition) is 3. The molecule has 1 fully saturated rings. The van der Waals surface area contributed by atoms with Crippen LogP contribution >= 0.6 is 23.2 Å². The number of Topliss-reactive ketones (excluding diaryl/α,β-unsaturated/α-hetero) is 1. The molecule has 0 aliphatic heterocycles. The minimum Gasteiger partial charge on any atom is -0.457 e. The Morgan fingerprint density at radius 2 is 1.92 bits per heavy atom. The van der Waals surface area contributed by atoms with Crippen LogP contribution in [0.3, 0.4) is 0 Å². The van der Waals surface area contributed by atoms with E-state index in [9.17, 15) is 14.0 Å². The van der Waals surface area contributed by atoms with Crippen LogP contribution < -0.4 is 0 Å². The van der Waals surface area contributed by atoms with Crippen LogP contribution in [0.4, 0.5) is 4.39 Å². The molecule has 4 nitrogen and oxygen atoms in total. The van der Waals surface area contributed by atoms with Crippen molar-refractivity contribution in [3.8, 4) is 5.69 Å². The molecule has 138 valence electrons. The van der Waals surface area contributed by atoms with Gasteiger partial charge in [-0.15, -0.1) is 23.2 Å². The van der Waals surface area contributed by atoms with E-state index in [1.807, 2.05) is 6.92 Å². The summed E-state index contributed by atoms with van der Waals surface area (Å²) in [5, 5.41) is 0. The Balaban J connectivity index is 1.77. The summed E-state index contributed by atoms with van der Waals surface area (Å²) in [6.07, 6.45) is 0.296. The standard InChI is InChI=1S/C19H18Cl2FNO3/c1-11-7-15(12(2)23(11)14-6-4-5-13(22)8-14)16(24)9-26-17(25)18(3)10-19(18,20)21/h4-8H,9-10H2,1-3H3/t18-/m0/s1. The van der Waals surface area contributed by atoms with E-state index in [-0.39, 0.29) is 11.6 Å². The maximum absolute atomic E-state index is 13.5. The zero-order valence-electron chi connectivity index (χ0n) is 14.6. The van der Waals surface area contributed by atoms with Crippen LogP contribution in [-0.4, -0.2) is 27.3 Å². The zero-order chi connectivity index (χ0) is 19.3. The normalized spacial score (nSPS) is 20.7. The number of carbonyl (C=O) groups excluding carboxylic acids is 2. The third kappa shape index (κ3) is 3.14. The van der Waals surface area contributed by atoms with Crippen LogP contribution in [0.2, 0.25) is 0 Å². The summed E-state index contributed by atoms with van der Waals surface area (Å²) in [7, 11) is 0. The largest absolute Gasteiger partial charge is 0.457 e. The topological polar surface area (TPSA) is 48.3 Å². The van der Waals surface area contributed by atoms with Crippen LogP contribution in [0.15, 0.2) is 30.3 Å². The number of ketones is 1. The molecule has 0 bridgehead atoms. The van der Waals surface area contributed by atoms with Gasteiger partial charge in [-0.25, -0.2) is 4.39 Å². The lowest BCUT2D eigenvalue weighted by atomic mass is 10.1. The summed E-state index contributed by atoms with van der Waals surface area (Å²) >= 11 is 11.9. The smallest absolute Gasteiger partial charge is 0.315 e. The van der Waals surface area contributed by atoms with Crippen LogP contribution in [0.1, 0.15) is 35.1 Å². The van der Waals surface area contributed by atoms with Crippen molar-refractivity contribution < 1.29 is 18.7 Å². The van der Waals surface area contributed by atoms with Gasteiger partial charge in [-0.1, -0.05) is 6.07 Å². The Hall–Kier alpha value is -1.85. The molecule has 1 aliphatic carbocycles. The van der Waals surface area contributed by atoms with Crippen molar-refractivity contribution in [3.63, 3.8) is 0 Å². The van der Waals surface area contributed by atoms with E-state index in [1.165, 1.54) is 12.1 Å². The molecule has 0 spiro atoms. The maximum Gasteiger partial charge on any atom is 0.315 e. The van der Waals surface area contributed by atoms with Gasteiger partial charge in [0.2, 0.25) is 5.78 Å². The fraction of sp³-hybridized carbons (Fsp3) is 0.368. The van der Waals surface area contributed by atoms with E-state index in [2.05, 4.69) is 0 Å². The predicted molar refractivity (Wildman–Crippen MR) is 97.7 cm³/mol. The Morgan fingerprint density at radius 1 is 1.27 bits per heavy atom. The van der Waals surface area contributed by atoms with Crippen molar-refractivity contribution in [2.75, 3.05) is 6.61 Å². The van der Waals surface area contributed by atoms with Gasteiger partial charge in [0.15, 0.2) is 6.61 Å². The van der Waals surface area contributed by atoms with Gasteiger partial charge in [0, 0.05) is 29.1 Å². The molecule has 1 atom stereocenters. The highest BCUT2D eigenvalue weighted by Gasteiger charge is 2.69. The highest BCUT2D eigenvalue weighted by molar-refractivity contribution is 6.53. The molecule has 2 aromatic rings. The van der Waals surface area contributed by atoms with Crippen LogP contribution in [0.25, 0.3) is 5.69 Å². The number of aryl methyl sites for hydroxylation is 1. The van der Waals surface area contributed by atoms with Crippen LogP contribution in [0, 0.1) is 25.1 Å². The second-order valence-corrected chi connectivity index (χ2v) is 8.30. The number of carbonyl (C=O) groups is 2. The van der Waals surface area contributed by atoms with Crippen molar-refractivity contribution in [1.82, 2.24) is 4.57 Å². The molecule has 0 N–H and O–H groups in total. The molecule has 1 aromatic carbocycles. The fourth-order valence-electron chi connectivity index (χ4n) is 3.05. The van der Waals surface area contributed by atoms with E-state index in [0.717, 1.165) is 5.69 Å². The fourth-order valence-corrected chi connectivity index (χ4v) is 3.74. The van der Waals surface area contributed by atoms with Crippen LogP contribution in [-0.2, 0) is 9.53 Å². The summed E-state index contributed by atoms with van der Waals surface area (Å²) in [6, 6.07) is 7.81. The average molecular weight is 398 g/mol. The van der Waals surface area contributed by atoms with Crippen molar-refractivity contribution in [2.45, 2.75) is 31.5 Å². The summed E-state index contributed by atoms with van der Waals surface area (Å²) in [4.78, 5) is 24.6. The number of aromatic nitrogens is 1. The summed E-state index contributed by atoms with van der Waals surface area (Å²) in [5.74, 6) is -1.29. The van der Waals surface area contributed by atoms with Gasteiger partial charge in [0.1, 0.15) is 15.6 Å². The lowest BCUT2D eigenvalue weighted by Crippen LogP contribution is -2.24. The van der Waals surface area contributed by atoms with Gasteiger partial charge < -0.3 is 9.30 Å². The van der Waals surface area contributed by atoms with Crippen molar-refractivity contribution in [3.05, 3.63) is 53.1 Å². The number of benzene rings is 1. The van der Waals surface area contributed by atoms with Gasteiger partial charge in [-0.3, -0.25) is 9.59 Å². The molecule has 1 aromatic heterocycles. The minimum atomic E-state index is -1.14. The second-order valence-electron chi connectivity index (χ2n) is 6.81. The Labute approximate surface area is 160 Å². The number of esters is 1. The van der Waals surface area contributed by atoms with Gasteiger partial charge in [0.25, 0.3) is 0 Å². The van der Waals surface area contributed by atoms with Gasteiger partial charge in [-0.05, 0) is 45.0 Å². The van der Waals surface area contributed by atoms with E-state index < -0.39 is 22.3 Å². The third-order valence-corrected chi connectivity index (χ3v) is 5.94. The first-order valence-corrected chi connectivity index (χ1v) is 8.85. The average Bonchev–Trinajstić information content (AvgIpc) is 2.93. The van der Waals surface area contributed by atoms with Gasteiger partial charge in [-0.2, -0.15) is 0 Å². The second kappa shape index (κ2) is 6.39. The van der Waals surface area contributed by atoms with Crippen molar-refractivity contribution >= 4 is 35.0 Å². The zero-order valence-corrected chi connectivity index (χ0v) is 16.1. The molecule has 26 heavy (non-hydrogen) atoms. The van der Waals surface area contributed by atoms with E-state index in [4.69, 9.17) is 27.9 Å². The number of ether oxygens (including phenoxy) is 1. The van der Waals surface area contributed by atoms with E-state index in [0.29, 0.717) is 23.4 Å². The Morgan fingerprint density at radius 3 is 2.50 bits per heavy atom. The number of alkyl halides is 2. The molecule has 0 radical (unpaired) electrons. The first-order chi connectivity index (χ1) is 12.1.